The van der Waals surface area contributed by atoms with Gasteiger partial charge < -0.3 is 5.73 Å². The van der Waals surface area contributed by atoms with Crippen molar-refractivity contribution >= 4 is 48.6 Å². The average molecular weight is 342 g/mol. The number of thioether (sulfide) groups is 1. The molecule has 0 amide bonds. The van der Waals surface area contributed by atoms with E-state index >= 15 is 0 Å². The van der Waals surface area contributed by atoms with Crippen LogP contribution in [0.15, 0.2) is 15.7 Å². The highest BCUT2D eigenvalue weighted by Crippen LogP contribution is 2.30. The number of nitrogens with zero attached hydrogens (tertiary/aromatic N) is 1. The van der Waals surface area contributed by atoms with Crippen molar-refractivity contribution in [2.45, 2.75) is 9.58 Å². The zero-order valence-corrected chi connectivity index (χ0v) is 13.4. The molecule has 0 spiro atoms. The molecule has 2 heterocycles. The molecule has 1 unspecified atom stereocenters. The monoisotopic (exact) mass is 342 g/mol. The topological polar surface area (TPSA) is 97.5 Å². The number of hydrogen-bond acceptors (Lipinski definition) is 7. The summed E-state index contributed by atoms with van der Waals surface area (Å²) < 4.78 is 49.6. The molecule has 19 heavy (non-hydrogen) atoms. The Morgan fingerprint density at radius 2 is 2.05 bits per heavy atom. The molecule has 0 aliphatic carbocycles. The SMILES string of the molecule is CS(=O)(=O)C1CSCCN1S(=O)(=O)c1cc(N)cs1. The van der Waals surface area contributed by atoms with E-state index in [4.69, 9.17) is 5.73 Å². The van der Waals surface area contributed by atoms with Crippen LogP contribution in [0.1, 0.15) is 0 Å². The molecule has 0 radical (unpaired) electrons. The molecule has 1 aromatic heterocycles. The highest BCUT2D eigenvalue weighted by Gasteiger charge is 2.39. The Balaban J connectivity index is 2.43. The Bertz CT molecular complexity index is 664. The van der Waals surface area contributed by atoms with Gasteiger partial charge in [0.05, 0.1) is 0 Å². The molecule has 2 rings (SSSR count). The number of sulfone groups is 1. The number of nitrogens with two attached hydrogens (primary N) is 1. The lowest BCUT2D eigenvalue weighted by atomic mass is 10.6. The standard InChI is InChI=1S/C9H14N2O4S4/c1-18(12,13)8-6-16-3-2-11(8)19(14,15)9-4-7(10)5-17-9/h4-5,8H,2-3,6,10H2,1H3. The van der Waals surface area contributed by atoms with Gasteiger partial charge in [0.2, 0.25) is 0 Å². The van der Waals surface area contributed by atoms with Crippen LogP contribution in [0, 0.1) is 0 Å². The summed E-state index contributed by atoms with van der Waals surface area (Å²) in [6.45, 7) is 0.197. The molecule has 6 nitrogen and oxygen atoms in total. The summed E-state index contributed by atoms with van der Waals surface area (Å²) in [5, 5.41) is 0.528. The minimum atomic E-state index is -3.79. The lowest BCUT2D eigenvalue weighted by molar-refractivity contribution is 0.406. The second-order valence-electron chi connectivity index (χ2n) is 4.17. The summed E-state index contributed by atoms with van der Waals surface area (Å²) in [4.78, 5) is 0. The molecule has 1 aliphatic rings. The summed E-state index contributed by atoms with van der Waals surface area (Å²) in [6, 6.07) is 1.36. The van der Waals surface area contributed by atoms with Crippen molar-refractivity contribution in [1.29, 1.82) is 0 Å². The van der Waals surface area contributed by atoms with E-state index in [0.29, 0.717) is 11.4 Å². The fourth-order valence-corrected chi connectivity index (χ4v) is 8.14. The lowest BCUT2D eigenvalue weighted by Gasteiger charge is -2.32. The van der Waals surface area contributed by atoms with Gasteiger partial charge in [0.15, 0.2) is 9.84 Å². The molecule has 1 saturated heterocycles. The van der Waals surface area contributed by atoms with Gasteiger partial charge in [-0.3, -0.25) is 0 Å². The predicted octanol–water partition coefficient (Wildman–Crippen LogP) is 0.439. The fraction of sp³-hybridized carbons (Fsp3) is 0.556. The van der Waals surface area contributed by atoms with Gasteiger partial charge in [-0.05, 0) is 6.07 Å². The summed E-state index contributed by atoms with van der Waals surface area (Å²) in [6.07, 6.45) is 1.06. The quantitative estimate of drug-likeness (QED) is 0.856. The second kappa shape index (κ2) is 5.24. The molecular formula is C9H14N2O4S4. The molecule has 1 atom stereocenters. The number of rotatable bonds is 3. The third kappa shape index (κ3) is 3.07. The molecule has 0 aromatic carbocycles. The summed E-state index contributed by atoms with van der Waals surface area (Å²) in [5.74, 6) is 0.852. The Hall–Kier alpha value is -0.290. The molecule has 2 N–H and O–H groups in total. The molecule has 0 saturated carbocycles. The lowest BCUT2D eigenvalue weighted by Crippen LogP contribution is -2.49. The van der Waals surface area contributed by atoms with Crippen LogP contribution in [0.3, 0.4) is 0 Å². The van der Waals surface area contributed by atoms with Crippen LogP contribution in [-0.4, -0.2) is 50.8 Å². The minimum Gasteiger partial charge on any atom is -0.398 e. The number of nitrogen functional groups attached to an aromatic ring is 1. The summed E-state index contributed by atoms with van der Waals surface area (Å²) in [7, 11) is -7.25. The van der Waals surface area contributed by atoms with E-state index < -0.39 is 25.2 Å². The molecular weight excluding hydrogens is 328 g/mol. The average Bonchev–Trinajstić information content (AvgIpc) is 2.75. The van der Waals surface area contributed by atoms with Gasteiger partial charge in [0.25, 0.3) is 10.0 Å². The van der Waals surface area contributed by atoms with E-state index in [-0.39, 0.29) is 16.5 Å². The van der Waals surface area contributed by atoms with Gasteiger partial charge in [0, 0.05) is 35.4 Å². The summed E-state index contributed by atoms with van der Waals surface area (Å²) >= 11 is 2.45. The van der Waals surface area contributed by atoms with Gasteiger partial charge in [-0.25, -0.2) is 16.8 Å². The first-order valence-electron chi connectivity index (χ1n) is 5.35. The minimum absolute atomic E-state index is 0.0885. The Labute approximate surface area is 120 Å². The first-order valence-corrected chi connectivity index (χ1v) is 10.8. The van der Waals surface area contributed by atoms with Crippen molar-refractivity contribution in [3.8, 4) is 0 Å². The van der Waals surface area contributed by atoms with Crippen LogP contribution in [0.5, 0.6) is 0 Å². The fourth-order valence-electron chi connectivity index (χ4n) is 1.76. The van der Waals surface area contributed by atoms with E-state index in [2.05, 4.69) is 0 Å². The highest BCUT2D eigenvalue weighted by molar-refractivity contribution is 8.01. The summed E-state index contributed by atoms with van der Waals surface area (Å²) in [5.41, 5.74) is 5.90. The van der Waals surface area contributed by atoms with Crippen molar-refractivity contribution in [2.75, 3.05) is 30.0 Å². The van der Waals surface area contributed by atoms with Crippen LogP contribution < -0.4 is 5.73 Å². The first kappa shape index (κ1) is 15.1. The molecule has 1 aromatic rings. The third-order valence-corrected chi connectivity index (χ3v) is 8.81. The van der Waals surface area contributed by atoms with Crippen molar-refractivity contribution in [2.24, 2.45) is 0 Å². The van der Waals surface area contributed by atoms with E-state index in [1.807, 2.05) is 0 Å². The van der Waals surface area contributed by atoms with Gasteiger partial charge in [-0.15, -0.1) is 11.3 Å². The van der Waals surface area contributed by atoms with E-state index in [1.165, 1.54) is 23.2 Å². The molecule has 1 fully saturated rings. The normalized spacial score (nSPS) is 22.5. The zero-order chi connectivity index (χ0) is 14.3. The predicted molar refractivity (Wildman–Crippen MR) is 78.6 cm³/mol. The second-order valence-corrected chi connectivity index (χ2v) is 10.6. The maximum Gasteiger partial charge on any atom is 0.253 e. The molecule has 0 bridgehead atoms. The Morgan fingerprint density at radius 1 is 1.37 bits per heavy atom. The van der Waals surface area contributed by atoms with E-state index in [9.17, 15) is 16.8 Å². The zero-order valence-electron chi connectivity index (χ0n) is 10.1. The molecule has 1 aliphatic heterocycles. The maximum atomic E-state index is 12.5. The van der Waals surface area contributed by atoms with Gasteiger partial charge in [-0.2, -0.15) is 16.1 Å². The van der Waals surface area contributed by atoms with Crippen molar-refractivity contribution in [3.63, 3.8) is 0 Å². The highest BCUT2D eigenvalue weighted by atomic mass is 32.2. The van der Waals surface area contributed by atoms with Crippen molar-refractivity contribution in [1.82, 2.24) is 4.31 Å². The van der Waals surface area contributed by atoms with Gasteiger partial charge >= 0.3 is 0 Å². The number of anilines is 1. The number of thiophene rings is 1. The Kier molecular flexibility index (Phi) is 4.17. The first-order chi connectivity index (χ1) is 8.73. The number of hydrogen-bond donors (Lipinski definition) is 1. The van der Waals surface area contributed by atoms with Crippen LogP contribution in [-0.2, 0) is 19.9 Å². The van der Waals surface area contributed by atoms with Crippen LogP contribution in [0.25, 0.3) is 0 Å². The van der Waals surface area contributed by atoms with Crippen molar-refractivity contribution < 1.29 is 16.8 Å². The van der Waals surface area contributed by atoms with Crippen molar-refractivity contribution in [3.05, 3.63) is 11.4 Å². The smallest absolute Gasteiger partial charge is 0.253 e. The third-order valence-electron chi connectivity index (χ3n) is 2.69. The number of sulfonamides is 1. The Morgan fingerprint density at radius 3 is 2.58 bits per heavy atom. The molecule has 10 heteroatoms. The van der Waals surface area contributed by atoms with E-state index in [1.54, 1.807) is 0 Å². The van der Waals surface area contributed by atoms with Crippen LogP contribution >= 0.6 is 23.1 Å². The van der Waals surface area contributed by atoms with Crippen LogP contribution in [0.2, 0.25) is 0 Å². The maximum absolute atomic E-state index is 12.5. The van der Waals surface area contributed by atoms with Crippen LogP contribution in [0.4, 0.5) is 5.69 Å². The molecule has 108 valence electrons. The van der Waals surface area contributed by atoms with Gasteiger partial charge in [-0.1, -0.05) is 0 Å². The van der Waals surface area contributed by atoms with E-state index in [0.717, 1.165) is 21.9 Å². The van der Waals surface area contributed by atoms with Gasteiger partial charge in [0.1, 0.15) is 9.58 Å². The largest absolute Gasteiger partial charge is 0.398 e.